The van der Waals surface area contributed by atoms with Gasteiger partial charge in [-0.15, -0.1) is 6.42 Å². The maximum atomic E-state index is 11.6. The van der Waals surface area contributed by atoms with E-state index in [4.69, 9.17) is 20.7 Å². The number of carbonyl (C=O) groups excluding carboxylic acids is 1. The average molecular weight is 292 g/mol. The molecule has 0 aliphatic carbocycles. The maximum absolute atomic E-state index is 11.6. The number of rotatable bonds is 6. The zero-order chi connectivity index (χ0) is 15.9. The fraction of sp³-hybridized carbons (Fsp3) is 0.400. The Morgan fingerprint density at radius 2 is 2.00 bits per heavy atom. The van der Waals surface area contributed by atoms with Crippen LogP contribution in [0.25, 0.3) is 0 Å². The molecular weight excluding hydrogens is 272 g/mol. The number of nitrogens with zero attached hydrogens (tertiary/aromatic N) is 1. The Morgan fingerprint density at radius 3 is 2.52 bits per heavy atom. The number of hydrogen-bond donors (Lipinski definition) is 1. The molecule has 1 aromatic rings. The fourth-order valence-electron chi connectivity index (χ4n) is 1.21. The number of carbonyl (C=O) groups is 1. The van der Waals surface area contributed by atoms with E-state index in [0.29, 0.717) is 11.4 Å². The molecule has 0 aliphatic rings. The highest BCUT2D eigenvalue weighted by molar-refractivity contribution is 5.88. The lowest BCUT2D eigenvalue weighted by Gasteiger charge is -2.18. The normalized spacial score (nSPS) is 10.6. The molecule has 0 atom stereocenters. The second-order valence-corrected chi connectivity index (χ2v) is 4.70. The molecule has 0 unspecified atom stereocenters. The van der Waals surface area contributed by atoms with Gasteiger partial charge in [0.15, 0.2) is 6.79 Å². The predicted molar refractivity (Wildman–Crippen MR) is 79.7 cm³/mol. The zero-order valence-electron chi connectivity index (χ0n) is 12.7. The van der Waals surface area contributed by atoms with Crippen LogP contribution in [-0.2, 0) is 9.57 Å². The van der Waals surface area contributed by atoms with Crippen LogP contribution in [0.3, 0.4) is 0 Å². The number of hydrogen-bond acceptors (Lipinski definition) is 4. The Kier molecular flexibility index (Phi) is 6.03. The molecule has 0 aliphatic heterocycles. The standard InChI is InChI=1S/C15H20N2O4/c1-6-15(2,3)21-11-20-13-9-7-12(8-10-13)16-14(18)17(4)19-5/h1,7-10H,11H2,2-5H3,(H,16,18). The minimum atomic E-state index is -0.668. The van der Waals surface area contributed by atoms with Crippen LogP contribution in [0.1, 0.15) is 13.8 Å². The van der Waals surface area contributed by atoms with Crippen LogP contribution in [-0.4, -0.2) is 37.6 Å². The van der Waals surface area contributed by atoms with Crippen molar-refractivity contribution in [3.05, 3.63) is 24.3 Å². The third-order valence-electron chi connectivity index (χ3n) is 2.66. The average Bonchev–Trinajstić information content (AvgIpc) is 2.48. The van der Waals surface area contributed by atoms with E-state index in [1.165, 1.54) is 14.2 Å². The SMILES string of the molecule is C#CC(C)(C)OCOc1ccc(NC(=O)N(C)OC)cc1. The Bertz CT molecular complexity index is 505. The van der Waals surface area contributed by atoms with Crippen LogP contribution in [0.4, 0.5) is 10.5 Å². The van der Waals surface area contributed by atoms with Crippen molar-refractivity contribution in [1.82, 2.24) is 5.06 Å². The Hall–Kier alpha value is -2.23. The van der Waals surface area contributed by atoms with E-state index in [-0.39, 0.29) is 12.8 Å². The van der Waals surface area contributed by atoms with Crippen LogP contribution < -0.4 is 10.1 Å². The quantitative estimate of drug-likeness (QED) is 0.497. The summed E-state index contributed by atoms with van der Waals surface area (Å²) in [6.07, 6.45) is 5.30. The third kappa shape index (κ3) is 5.73. The van der Waals surface area contributed by atoms with Gasteiger partial charge >= 0.3 is 6.03 Å². The Balaban J connectivity index is 2.48. The van der Waals surface area contributed by atoms with Crippen LogP contribution in [0, 0.1) is 12.3 Å². The summed E-state index contributed by atoms with van der Waals surface area (Å²) >= 11 is 0. The summed E-state index contributed by atoms with van der Waals surface area (Å²) in [4.78, 5) is 16.3. The maximum Gasteiger partial charge on any atom is 0.345 e. The summed E-state index contributed by atoms with van der Waals surface area (Å²) in [5, 5.41) is 3.74. The van der Waals surface area contributed by atoms with E-state index < -0.39 is 5.60 Å². The minimum Gasteiger partial charge on any atom is -0.467 e. The molecule has 1 aromatic carbocycles. The Labute approximate surface area is 124 Å². The number of terminal acetylenes is 1. The van der Waals surface area contributed by atoms with Gasteiger partial charge in [-0.1, -0.05) is 5.92 Å². The highest BCUT2D eigenvalue weighted by Gasteiger charge is 2.13. The number of urea groups is 1. The number of anilines is 1. The molecule has 0 heterocycles. The molecule has 0 bridgehead atoms. The lowest BCUT2D eigenvalue weighted by molar-refractivity contribution is -0.0598. The monoisotopic (exact) mass is 292 g/mol. The van der Waals surface area contributed by atoms with Crippen molar-refractivity contribution in [2.75, 3.05) is 26.3 Å². The lowest BCUT2D eigenvalue weighted by Crippen LogP contribution is -2.30. The first-order valence-electron chi connectivity index (χ1n) is 6.31. The van der Waals surface area contributed by atoms with Gasteiger partial charge in [0.1, 0.15) is 11.4 Å². The molecule has 6 nitrogen and oxygen atoms in total. The molecule has 0 saturated heterocycles. The lowest BCUT2D eigenvalue weighted by atomic mass is 10.2. The molecule has 0 aromatic heterocycles. The van der Waals surface area contributed by atoms with E-state index in [0.717, 1.165) is 5.06 Å². The number of benzene rings is 1. The van der Waals surface area contributed by atoms with Gasteiger partial charge in [0.25, 0.3) is 0 Å². The van der Waals surface area contributed by atoms with E-state index in [1.807, 2.05) is 0 Å². The summed E-state index contributed by atoms with van der Waals surface area (Å²) in [5.74, 6) is 3.12. The second kappa shape index (κ2) is 7.53. The summed E-state index contributed by atoms with van der Waals surface area (Å²) in [5.41, 5.74) is -0.0420. The molecule has 114 valence electrons. The topological polar surface area (TPSA) is 60.0 Å². The van der Waals surface area contributed by atoms with E-state index in [1.54, 1.807) is 38.1 Å². The summed E-state index contributed by atoms with van der Waals surface area (Å²) in [6.45, 7) is 3.61. The van der Waals surface area contributed by atoms with E-state index in [2.05, 4.69) is 11.2 Å². The largest absolute Gasteiger partial charge is 0.467 e. The van der Waals surface area contributed by atoms with Crippen molar-refractivity contribution in [1.29, 1.82) is 0 Å². The molecular formula is C15H20N2O4. The van der Waals surface area contributed by atoms with Crippen LogP contribution in [0.15, 0.2) is 24.3 Å². The number of ether oxygens (including phenoxy) is 2. The van der Waals surface area contributed by atoms with Gasteiger partial charge < -0.3 is 14.8 Å². The van der Waals surface area contributed by atoms with Gasteiger partial charge in [-0.2, -0.15) is 0 Å². The molecule has 6 heteroatoms. The van der Waals surface area contributed by atoms with Gasteiger partial charge in [-0.05, 0) is 38.1 Å². The molecule has 0 saturated carbocycles. The Morgan fingerprint density at radius 1 is 1.38 bits per heavy atom. The van der Waals surface area contributed by atoms with Gasteiger partial charge in [0.05, 0.1) is 7.11 Å². The summed E-state index contributed by atoms with van der Waals surface area (Å²) in [7, 11) is 2.92. The fourth-order valence-corrected chi connectivity index (χ4v) is 1.21. The second-order valence-electron chi connectivity index (χ2n) is 4.70. The molecule has 1 rings (SSSR count). The molecule has 2 amide bonds. The van der Waals surface area contributed by atoms with Crippen LogP contribution in [0.5, 0.6) is 5.75 Å². The van der Waals surface area contributed by atoms with Gasteiger partial charge in [0.2, 0.25) is 0 Å². The third-order valence-corrected chi connectivity index (χ3v) is 2.66. The number of amides is 2. The number of hydroxylamine groups is 2. The van der Waals surface area contributed by atoms with Crippen molar-refractivity contribution in [3.63, 3.8) is 0 Å². The molecule has 1 N–H and O–H groups in total. The first-order valence-corrected chi connectivity index (χ1v) is 6.31. The molecule has 0 radical (unpaired) electrons. The van der Waals surface area contributed by atoms with E-state index in [9.17, 15) is 4.79 Å². The minimum absolute atomic E-state index is 0.0509. The first kappa shape index (κ1) is 16.8. The summed E-state index contributed by atoms with van der Waals surface area (Å²) in [6, 6.07) is 6.49. The van der Waals surface area contributed by atoms with Gasteiger partial charge in [0, 0.05) is 12.7 Å². The summed E-state index contributed by atoms with van der Waals surface area (Å²) < 4.78 is 10.8. The van der Waals surface area contributed by atoms with Crippen LogP contribution >= 0.6 is 0 Å². The van der Waals surface area contributed by atoms with Crippen molar-refractivity contribution >= 4 is 11.7 Å². The molecule has 21 heavy (non-hydrogen) atoms. The van der Waals surface area contributed by atoms with E-state index >= 15 is 0 Å². The highest BCUT2D eigenvalue weighted by Crippen LogP contribution is 2.17. The number of nitrogens with one attached hydrogen (secondary N) is 1. The van der Waals surface area contributed by atoms with Gasteiger partial charge in [-0.25, -0.2) is 9.86 Å². The molecule has 0 spiro atoms. The van der Waals surface area contributed by atoms with Crippen molar-refractivity contribution in [2.45, 2.75) is 19.4 Å². The first-order chi connectivity index (χ1) is 9.88. The highest BCUT2D eigenvalue weighted by atomic mass is 16.7. The zero-order valence-corrected chi connectivity index (χ0v) is 12.7. The smallest absolute Gasteiger partial charge is 0.345 e. The predicted octanol–water partition coefficient (Wildman–Crippen LogP) is 2.48. The molecule has 0 fully saturated rings. The van der Waals surface area contributed by atoms with Gasteiger partial charge in [-0.3, -0.25) is 4.84 Å². The van der Waals surface area contributed by atoms with Crippen LogP contribution in [0.2, 0.25) is 0 Å². The van der Waals surface area contributed by atoms with Crippen molar-refractivity contribution in [3.8, 4) is 18.1 Å². The van der Waals surface area contributed by atoms with Crippen molar-refractivity contribution in [2.24, 2.45) is 0 Å². The van der Waals surface area contributed by atoms with Crippen molar-refractivity contribution < 1.29 is 19.1 Å².